The minimum atomic E-state index is -0.839. The van der Waals surface area contributed by atoms with Gasteiger partial charge in [0.2, 0.25) is 6.79 Å². The van der Waals surface area contributed by atoms with Crippen LogP contribution in [0.15, 0.2) is 49.8 Å². The lowest BCUT2D eigenvalue weighted by atomic mass is 9.95. The van der Waals surface area contributed by atoms with E-state index in [-0.39, 0.29) is 24.5 Å². The van der Waals surface area contributed by atoms with E-state index < -0.39 is 12.0 Å². The third-order valence-electron chi connectivity index (χ3n) is 6.17. The van der Waals surface area contributed by atoms with Crippen molar-refractivity contribution in [3.05, 3.63) is 75.8 Å². The Labute approximate surface area is 241 Å². The van der Waals surface area contributed by atoms with Gasteiger partial charge in [0, 0.05) is 10.5 Å². The van der Waals surface area contributed by atoms with Crippen LogP contribution >= 0.6 is 38.9 Å². The van der Waals surface area contributed by atoms with Gasteiger partial charge in [0.1, 0.15) is 0 Å². The van der Waals surface area contributed by atoms with Crippen LogP contribution in [0.4, 0.5) is 0 Å². The van der Waals surface area contributed by atoms with Crippen LogP contribution in [0.5, 0.6) is 23.0 Å². The fourth-order valence-corrected chi connectivity index (χ4v) is 6.24. The van der Waals surface area contributed by atoms with E-state index in [0.29, 0.717) is 65.3 Å². The lowest BCUT2D eigenvalue weighted by molar-refractivity contribution is -0.139. The number of fused-ring (bicyclic) bond motifs is 2. The highest BCUT2D eigenvalue weighted by molar-refractivity contribution is 9.10. The molecule has 0 spiro atoms. The predicted molar refractivity (Wildman–Crippen MR) is 150 cm³/mol. The molecule has 2 aliphatic heterocycles. The van der Waals surface area contributed by atoms with Gasteiger partial charge in [-0.25, -0.2) is 9.79 Å². The minimum Gasteiger partial charge on any atom is -0.493 e. The van der Waals surface area contributed by atoms with E-state index in [1.165, 1.54) is 23.0 Å². The van der Waals surface area contributed by atoms with Crippen molar-refractivity contribution in [1.82, 2.24) is 4.57 Å². The van der Waals surface area contributed by atoms with Crippen LogP contribution in [0.25, 0.3) is 6.08 Å². The number of benzene rings is 2. The maximum Gasteiger partial charge on any atom is 0.338 e. The highest BCUT2D eigenvalue weighted by Gasteiger charge is 2.35. The second-order valence-corrected chi connectivity index (χ2v) is 10.8. The number of hydrogen-bond donors (Lipinski definition) is 0. The van der Waals surface area contributed by atoms with Crippen LogP contribution < -0.4 is 33.8 Å². The molecular weight excluding hydrogens is 612 g/mol. The zero-order valence-corrected chi connectivity index (χ0v) is 24.7. The van der Waals surface area contributed by atoms with Crippen LogP contribution in [0.1, 0.15) is 37.9 Å². The average Bonchev–Trinajstić information content (AvgIpc) is 3.47. The topological polar surface area (TPSA) is 97.6 Å². The lowest BCUT2D eigenvalue weighted by Crippen LogP contribution is -2.40. The summed E-state index contributed by atoms with van der Waals surface area (Å²) in [7, 11) is 1.53. The number of methoxy groups -OCH3 is 1. The molecular formula is C27H24BrClN2O7S. The van der Waals surface area contributed by atoms with Crippen molar-refractivity contribution in [3.63, 3.8) is 0 Å². The number of aromatic nitrogens is 1. The molecule has 204 valence electrons. The number of halogens is 2. The standard InChI is InChI=1S/C27H24BrClN2O7S/c1-5-35-20-10-16(28)15(9-18(20)34-4)24-23(26(33)36-6-2)13(3)30-27-31(24)25(32)22(39-27)8-14-7-19-21(11-17(14)29)38-12-37-19/h7-11,24H,5-6,12H2,1-4H3/b22-8+/t24-/m0/s1. The van der Waals surface area contributed by atoms with E-state index in [2.05, 4.69) is 20.9 Å². The highest BCUT2D eigenvalue weighted by atomic mass is 79.9. The normalized spacial score (nSPS) is 16.2. The molecule has 0 bridgehead atoms. The monoisotopic (exact) mass is 634 g/mol. The fraction of sp³-hybridized carbons (Fsp3) is 0.296. The molecule has 0 aliphatic carbocycles. The number of ether oxygens (including phenoxy) is 5. The maximum absolute atomic E-state index is 14.0. The van der Waals surface area contributed by atoms with E-state index in [4.69, 9.17) is 35.3 Å². The molecule has 0 fully saturated rings. The molecule has 0 N–H and O–H groups in total. The number of hydrogen-bond acceptors (Lipinski definition) is 9. The van der Waals surface area contributed by atoms with Gasteiger partial charge in [-0.1, -0.05) is 38.9 Å². The summed E-state index contributed by atoms with van der Waals surface area (Å²) in [5.74, 6) is 1.52. The lowest BCUT2D eigenvalue weighted by Gasteiger charge is -2.26. The van der Waals surface area contributed by atoms with Crippen LogP contribution in [-0.2, 0) is 9.53 Å². The van der Waals surface area contributed by atoms with Crippen molar-refractivity contribution in [1.29, 1.82) is 0 Å². The molecule has 1 atom stereocenters. The summed E-state index contributed by atoms with van der Waals surface area (Å²) in [5, 5.41) is 0.407. The van der Waals surface area contributed by atoms with Crippen molar-refractivity contribution < 1.29 is 28.5 Å². The Balaban J connectivity index is 1.74. The summed E-state index contributed by atoms with van der Waals surface area (Å²) in [6, 6.07) is 6.06. The summed E-state index contributed by atoms with van der Waals surface area (Å²) in [6.45, 7) is 6.04. The summed E-state index contributed by atoms with van der Waals surface area (Å²) in [6.07, 6.45) is 1.68. The molecule has 39 heavy (non-hydrogen) atoms. The van der Waals surface area contributed by atoms with Crippen LogP contribution in [0, 0.1) is 0 Å². The molecule has 12 heteroatoms. The largest absolute Gasteiger partial charge is 0.493 e. The molecule has 1 aromatic heterocycles. The Bertz CT molecular complexity index is 1700. The molecule has 0 unspecified atom stereocenters. The Kier molecular flexibility index (Phi) is 7.75. The van der Waals surface area contributed by atoms with Crippen molar-refractivity contribution >= 4 is 50.9 Å². The first-order chi connectivity index (χ1) is 18.8. The van der Waals surface area contributed by atoms with Gasteiger partial charge in [0.25, 0.3) is 5.56 Å². The van der Waals surface area contributed by atoms with Gasteiger partial charge in [-0.2, -0.15) is 0 Å². The van der Waals surface area contributed by atoms with Crippen LogP contribution in [0.2, 0.25) is 5.02 Å². The highest BCUT2D eigenvalue weighted by Crippen LogP contribution is 2.41. The molecule has 0 amide bonds. The van der Waals surface area contributed by atoms with Gasteiger partial charge in [0.15, 0.2) is 27.8 Å². The first-order valence-electron chi connectivity index (χ1n) is 12.1. The van der Waals surface area contributed by atoms with Gasteiger partial charge in [-0.15, -0.1) is 0 Å². The quantitative estimate of drug-likeness (QED) is 0.356. The maximum atomic E-state index is 14.0. The predicted octanol–water partition coefficient (Wildman–Crippen LogP) is 4.35. The average molecular weight is 636 g/mol. The molecule has 2 aliphatic rings. The number of rotatable bonds is 7. The molecule has 3 heterocycles. The number of nitrogens with zero attached hydrogens (tertiary/aromatic N) is 2. The number of thiazole rings is 1. The van der Waals surface area contributed by atoms with Crippen molar-refractivity contribution in [2.75, 3.05) is 27.1 Å². The first-order valence-corrected chi connectivity index (χ1v) is 14.0. The van der Waals surface area contributed by atoms with Crippen LogP contribution in [-0.4, -0.2) is 37.7 Å². The fourth-order valence-electron chi connectivity index (χ4n) is 4.46. The van der Waals surface area contributed by atoms with E-state index >= 15 is 0 Å². The third kappa shape index (κ3) is 4.94. The van der Waals surface area contributed by atoms with Crippen LogP contribution in [0.3, 0.4) is 0 Å². The van der Waals surface area contributed by atoms with E-state index in [0.717, 1.165) is 0 Å². The summed E-state index contributed by atoms with van der Waals surface area (Å²) < 4.78 is 30.0. The second-order valence-electron chi connectivity index (χ2n) is 8.49. The molecule has 0 radical (unpaired) electrons. The van der Waals surface area contributed by atoms with Gasteiger partial charge < -0.3 is 23.7 Å². The summed E-state index contributed by atoms with van der Waals surface area (Å²) in [5.41, 5.74) is 1.57. The Morgan fingerprint density at radius 1 is 1.21 bits per heavy atom. The Hall–Kier alpha value is -3.28. The zero-order chi connectivity index (χ0) is 27.8. The molecule has 2 aromatic carbocycles. The number of allylic oxidation sites excluding steroid dienone is 1. The zero-order valence-electron chi connectivity index (χ0n) is 21.5. The van der Waals surface area contributed by atoms with Gasteiger partial charge in [-0.3, -0.25) is 9.36 Å². The minimum absolute atomic E-state index is 0.105. The molecule has 0 saturated carbocycles. The summed E-state index contributed by atoms with van der Waals surface area (Å²) in [4.78, 5) is 32.2. The first kappa shape index (κ1) is 27.3. The van der Waals surface area contributed by atoms with Gasteiger partial charge >= 0.3 is 5.97 Å². The van der Waals surface area contributed by atoms with Crippen molar-refractivity contribution in [3.8, 4) is 23.0 Å². The smallest absolute Gasteiger partial charge is 0.338 e. The van der Waals surface area contributed by atoms with Gasteiger partial charge in [0.05, 0.1) is 47.2 Å². The van der Waals surface area contributed by atoms with Gasteiger partial charge in [-0.05, 0) is 56.2 Å². The number of carbonyl (C=O) groups is 1. The molecule has 0 saturated heterocycles. The third-order valence-corrected chi connectivity index (χ3v) is 8.17. The van der Waals surface area contributed by atoms with E-state index in [1.54, 1.807) is 44.2 Å². The summed E-state index contributed by atoms with van der Waals surface area (Å²) >= 11 is 11.3. The van der Waals surface area contributed by atoms with E-state index in [9.17, 15) is 9.59 Å². The van der Waals surface area contributed by atoms with Crippen molar-refractivity contribution in [2.45, 2.75) is 26.8 Å². The Morgan fingerprint density at radius 3 is 2.64 bits per heavy atom. The molecule has 5 rings (SSSR count). The molecule has 3 aromatic rings. The van der Waals surface area contributed by atoms with E-state index in [1.807, 2.05) is 6.92 Å². The number of carbonyl (C=O) groups excluding carboxylic acids is 1. The Morgan fingerprint density at radius 2 is 1.95 bits per heavy atom. The molecule has 9 nitrogen and oxygen atoms in total. The SMILES string of the molecule is CCOC(=O)C1=C(C)N=c2s/c(=C/c3cc4c(cc3Cl)OCO4)c(=O)n2[C@H]1c1cc(OC)c(OCC)cc1Br. The number of esters is 1. The second kappa shape index (κ2) is 11.1. The van der Waals surface area contributed by atoms with Crippen molar-refractivity contribution in [2.24, 2.45) is 4.99 Å².